The van der Waals surface area contributed by atoms with Gasteiger partial charge >= 0.3 is 0 Å². The quantitative estimate of drug-likeness (QED) is 0.871. The van der Waals surface area contributed by atoms with Crippen molar-refractivity contribution in [3.63, 3.8) is 0 Å². The molecule has 2 bridgehead atoms. The molecule has 1 aliphatic carbocycles. The summed E-state index contributed by atoms with van der Waals surface area (Å²) in [6.07, 6.45) is 5.08. The molecule has 0 spiro atoms. The number of fused-ring (bicyclic) bond motifs is 2. The van der Waals surface area contributed by atoms with Crippen molar-refractivity contribution >= 4 is 10.0 Å². The largest absolute Gasteiger partial charge is 0.349 e. The lowest BCUT2D eigenvalue weighted by Gasteiger charge is -2.25. The Morgan fingerprint density at radius 2 is 2.14 bits per heavy atom. The maximum absolute atomic E-state index is 12.9. The van der Waals surface area contributed by atoms with Crippen molar-refractivity contribution in [3.8, 4) is 0 Å². The third kappa shape index (κ3) is 2.64. The van der Waals surface area contributed by atoms with Crippen molar-refractivity contribution in [2.24, 2.45) is 5.92 Å². The molecule has 0 aromatic carbocycles. The van der Waals surface area contributed by atoms with Gasteiger partial charge in [-0.25, -0.2) is 8.42 Å². The molecule has 2 heterocycles. The van der Waals surface area contributed by atoms with E-state index < -0.39 is 10.0 Å². The van der Waals surface area contributed by atoms with Crippen molar-refractivity contribution in [3.05, 3.63) is 18.0 Å². The smallest absolute Gasteiger partial charge is 0.244 e. The van der Waals surface area contributed by atoms with Crippen LogP contribution in [0.1, 0.15) is 38.8 Å². The van der Waals surface area contributed by atoms with E-state index in [1.165, 1.54) is 6.42 Å². The molecule has 1 saturated heterocycles. The van der Waals surface area contributed by atoms with Gasteiger partial charge in [-0.3, -0.25) is 0 Å². The highest BCUT2D eigenvalue weighted by Gasteiger charge is 2.44. The highest BCUT2D eigenvalue weighted by atomic mass is 32.2. The molecule has 118 valence electrons. The lowest BCUT2D eigenvalue weighted by Crippen LogP contribution is -2.37. The molecular weight excluding hydrogens is 286 g/mol. The summed E-state index contributed by atoms with van der Waals surface area (Å²) in [5.74, 6) is 0.583. The molecule has 1 N–H and O–H groups in total. The van der Waals surface area contributed by atoms with E-state index in [-0.39, 0.29) is 6.04 Å². The van der Waals surface area contributed by atoms with Crippen LogP contribution in [0.4, 0.5) is 0 Å². The fourth-order valence-electron chi connectivity index (χ4n) is 3.67. The number of aryl methyl sites for hydroxylation is 1. The van der Waals surface area contributed by atoms with Crippen molar-refractivity contribution in [1.29, 1.82) is 0 Å². The van der Waals surface area contributed by atoms with Crippen molar-refractivity contribution in [2.75, 3.05) is 13.1 Å². The van der Waals surface area contributed by atoms with Gasteiger partial charge in [0.15, 0.2) is 0 Å². The Kier molecular flexibility index (Phi) is 4.12. The SMILES string of the molecule is CCNCc1cc(S(=O)(=O)N2CC3CCC2C3)cn1CC. The first kappa shape index (κ1) is 15.1. The Labute approximate surface area is 127 Å². The van der Waals surface area contributed by atoms with E-state index in [0.717, 1.165) is 31.6 Å². The molecule has 1 aromatic heterocycles. The van der Waals surface area contributed by atoms with E-state index in [4.69, 9.17) is 0 Å². The predicted molar refractivity (Wildman–Crippen MR) is 82.5 cm³/mol. The molecular formula is C15H25N3O2S. The Morgan fingerprint density at radius 1 is 1.33 bits per heavy atom. The van der Waals surface area contributed by atoms with E-state index >= 15 is 0 Å². The van der Waals surface area contributed by atoms with Gasteiger partial charge in [0, 0.05) is 37.6 Å². The summed E-state index contributed by atoms with van der Waals surface area (Å²) in [5.41, 5.74) is 1.04. The Hall–Kier alpha value is -0.850. The normalized spacial score (nSPS) is 25.8. The predicted octanol–water partition coefficient (Wildman–Crippen LogP) is 1.79. The Bertz CT molecular complexity index is 608. The fraction of sp³-hybridized carbons (Fsp3) is 0.733. The van der Waals surface area contributed by atoms with Gasteiger partial charge in [-0.15, -0.1) is 0 Å². The molecule has 21 heavy (non-hydrogen) atoms. The van der Waals surface area contributed by atoms with E-state index in [1.54, 1.807) is 10.5 Å². The first-order chi connectivity index (χ1) is 10.1. The number of hydrogen-bond donors (Lipinski definition) is 1. The van der Waals surface area contributed by atoms with Crippen molar-refractivity contribution < 1.29 is 8.42 Å². The third-order valence-electron chi connectivity index (χ3n) is 4.82. The number of piperidine rings is 1. The number of sulfonamides is 1. The molecule has 1 aliphatic heterocycles. The standard InChI is InChI=1S/C15H25N3O2S/c1-3-16-9-14-8-15(11-17(14)4-2)21(19,20)18-10-12-5-6-13(18)7-12/h8,11-13,16H,3-7,9-10H2,1-2H3. The monoisotopic (exact) mass is 311 g/mol. The maximum atomic E-state index is 12.9. The minimum absolute atomic E-state index is 0.238. The number of hydrogen-bond acceptors (Lipinski definition) is 3. The molecule has 2 fully saturated rings. The van der Waals surface area contributed by atoms with Crippen LogP contribution in [0.2, 0.25) is 0 Å². The van der Waals surface area contributed by atoms with E-state index in [2.05, 4.69) is 12.2 Å². The summed E-state index contributed by atoms with van der Waals surface area (Å²) in [4.78, 5) is 0.463. The van der Waals surface area contributed by atoms with E-state index in [0.29, 0.717) is 23.9 Å². The molecule has 2 unspecified atom stereocenters. The Balaban J connectivity index is 1.87. The van der Waals surface area contributed by atoms with Crippen molar-refractivity contribution in [1.82, 2.24) is 14.2 Å². The number of nitrogens with one attached hydrogen (secondary N) is 1. The maximum Gasteiger partial charge on any atom is 0.244 e. The second kappa shape index (κ2) is 5.74. The Morgan fingerprint density at radius 3 is 2.71 bits per heavy atom. The van der Waals surface area contributed by atoms with Gasteiger partial charge in [0.2, 0.25) is 10.0 Å². The molecule has 2 aliphatic rings. The highest BCUT2D eigenvalue weighted by Crippen LogP contribution is 2.40. The van der Waals surface area contributed by atoms with Gasteiger partial charge in [-0.05, 0) is 44.7 Å². The fourth-order valence-corrected chi connectivity index (χ4v) is 5.48. The lowest BCUT2D eigenvalue weighted by molar-refractivity contribution is 0.333. The molecule has 0 radical (unpaired) electrons. The van der Waals surface area contributed by atoms with Crippen LogP contribution in [0.5, 0.6) is 0 Å². The summed E-state index contributed by atoms with van der Waals surface area (Å²) < 4.78 is 29.5. The number of nitrogens with zero attached hydrogens (tertiary/aromatic N) is 2. The average molecular weight is 311 g/mol. The summed E-state index contributed by atoms with van der Waals surface area (Å²) in [7, 11) is -3.32. The number of rotatable bonds is 6. The molecule has 1 saturated carbocycles. The van der Waals surface area contributed by atoms with Gasteiger partial charge in [0.1, 0.15) is 4.90 Å². The van der Waals surface area contributed by atoms with Crippen LogP contribution in [0, 0.1) is 5.92 Å². The zero-order valence-electron chi connectivity index (χ0n) is 12.9. The van der Waals surface area contributed by atoms with E-state index in [1.807, 2.05) is 17.6 Å². The minimum Gasteiger partial charge on any atom is -0.349 e. The number of aromatic nitrogens is 1. The van der Waals surface area contributed by atoms with Crippen molar-refractivity contribution in [2.45, 2.75) is 57.1 Å². The second-order valence-corrected chi connectivity index (χ2v) is 8.03. The van der Waals surface area contributed by atoms with Gasteiger partial charge in [-0.2, -0.15) is 4.31 Å². The van der Waals surface area contributed by atoms with Gasteiger partial charge in [-0.1, -0.05) is 6.92 Å². The molecule has 0 amide bonds. The van der Waals surface area contributed by atoms with Gasteiger partial charge in [0.25, 0.3) is 0 Å². The van der Waals surface area contributed by atoms with Crippen LogP contribution in [0.15, 0.2) is 17.2 Å². The molecule has 1 aromatic rings. The molecule has 5 nitrogen and oxygen atoms in total. The van der Waals surface area contributed by atoms with Gasteiger partial charge < -0.3 is 9.88 Å². The van der Waals surface area contributed by atoms with Crippen LogP contribution in [-0.2, 0) is 23.1 Å². The second-order valence-electron chi connectivity index (χ2n) is 6.14. The summed E-state index contributed by atoms with van der Waals surface area (Å²) in [5, 5.41) is 3.27. The lowest BCUT2D eigenvalue weighted by atomic mass is 10.1. The van der Waals surface area contributed by atoms with Crippen LogP contribution < -0.4 is 5.32 Å². The molecule has 2 atom stereocenters. The summed E-state index contributed by atoms with van der Waals surface area (Å²) in [6.45, 7) is 7.20. The first-order valence-electron chi connectivity index (χ1n) is 7.97. The summed E-state index contributed by atoms with van der Waals surface area (Å²) in [6, 6.07) is 2.08. The average Bonchev–Trinajstić information content (AvgIpc) is 3.19. The topological polar surface area (TPSA) is 54.3 Å². The zero-order valence-corrected chi connectivity index (χ0v) is 13.7. The van der Waals surface area contributed by atoms with Crippen LogP contribution in [0.3, 0.4) is 0 Å². The minimum atomic E-state index is -3.32. The first-order valence-corrected chi connectivity index (χ1v) is 9.41. The van der Waals surface area contributed by atoms with Crippen LogP contribution in [0.25, 0.3) is 0 Å². The van der Waals surface area contributed by atoms with Gasteiger partial charge in [0.05, 0.1) is 0 Å². The van der Waals surface area contributed by atoms with Crippen LogP contribution in [-0.4, -0.2) is 36.4 Å². The highest BCUT2D eigenvalue weighted by molar-refractivity contribution is 7.89. The third-order valence-corrected chi connectivity index (χ3v) is 6.71. The van der Waals surface area contributed by atoms with E-state index in [9.17, 15) is 8.42 Å². The van der Waals surface area contributed by atoms with Crippen LogP contribution >= 0.6 is 0 Å². The molecule has 6 heteroatoms. The molecule has 3 rings (SSSR count). The summed E-state index contributed by atoms with van der Waals surface area (Å²) >= 11 is 0. The zero-order chi connectivity index (χ0) is 15.0.